The topological polar surface area (TPSA) is 32.3 Å². The molecule has 0 aromatic heterocycles. The number of carbonyl (C=O) groups is 1. The van der Waals surface area contributed by atoms with Crippen molar-refractivity contribution in [1.82, 2.24) is 10.2 Å². The lowest BCUT2D eigenvalue weighted by Crippen LogP contribution is -2.39. The minimum atomic E-state index is 0.292. The molecule has 0 saturated heterocycles. The average molecular weight is 252 g/mol. The van der Waals surface area contributed by atoms with Crippen molar-refractivity contribution in [3.63, 3.8) is 0 Å². The number of amides is 1. The lowest BCUT2D eigenvalue weighted by molar-refractivity contribution is -0.130. The van der Waals surface area contributed by atoms with Gasteiger partial charge in [-0.05, 0) is 45.1 Å². The standard InChI is InChI=1S/C15H28N2O/c1-2-17(14-9-10-14)15(18)12-16-11-5-8-13-6-3-4-7-13/h13-14,16H,2-12H2,1H3. The zero-order chi connectivity index (χ0) is 12.8. The third-order valence-corrected chi connectivity index (χ3v) is 4.37. The third-order valence-electron chi connectivity index (χ3n) is 4.37. The van der Waals surface area contributed by atoms with Crippen LogP contribution in [0.3, 0.4) is 0 Å². The molecule has 0 aromatic carbocycles. The van der Waals surface area contributed by atoms with Crippen LogP contribution >= 0.6 is 0 Å². The molecule has 1 N–H and O–H groups in total. The molecule has 0 radical (unpaired) electrons. The molecule has 0 bridgehead atoms. The smallest absolute Gasteiger partial charge is 0.236 e. The van der Waals surface area contributed by atoms with Crippen molar-refractivity contribution >= 4 is 5.91 Å². The molecule has 3 heteroatoms. The first kappa shape index (κ1) is 13.9. The van der Waals surface area contributed by atoms with Gasteiger partial charge >= 0.3 is 0 Å². The van der Waals surface area contributed by atoms with Gasteiger partial charge in [0, 0.05) is 12.6 Å². The molecule has 2 fully saturated rings. The van der Waals surface area contributed by atoms with Gasteiger partial charge in [0.25, 0.3) is 0 Å². The molecule has 3 nitrogen and oxygen atoms in total. The molecular formula is C15H28N2O. The van der Waals surface area contributed by atoms with Crippen molar-refractivity contribution in [1.29, 1.82) is 0 Å². The van der Waals surface area contributed by atoms with Crippen molar-refractivity contribution < 1.29 is 4.79 Å². The minimum absolute atomic E-state index is 0.292. The zero-order valence-electron chi connectivity index (χ0n) is 11.8. The number of carbonyl (C=O) groups excluding carboxylic acids is 1. The summed E-state index contributed by atoms with van der Waals surface area (Å²) in [4.78, 5) is 14.0. The number of nitrogens with zero attached hydrogens (tertiary/aromatic N) is 1. The molecule has 0 spiro atoms. The Labute approximate surface area is 111 Å². The highest BCUT2D eigenvalue weighted by atomic mass is 16.2. The van der Waals surface area contributed by atoms with Crippen LogP contribution < -0.4 is 5.32 Å². The third kappa shape index (κ3) is 4.27. The van der Waals surface area contributed by atoms with Crippen molar-refractivity contribution in [3.05, 3.63) is 0 Å². The van der Waals surface area contributed by atoms with E-state index in [9.17, 15) is 4.79 Å². The van der Waals surface area contributed by atoms with Gasteiger partial charge in [0.1, 0.15) is 0 Å². The van der Waals surface area contributed by atoms with Crippen molar-refractivity contribution in [2.24, 2.45) is 5.92 Å². The van der Waals surface area contributed by atoms with E-state index in [-0.39, 0.29) is 0 Å². The number of likely N-dealkylation sites (N-methyl/N-ethyl adjacent to an activating group) is 1. The van der Waals surface area contributed by atoms with Gasteiger partial charge in [-0.15, -0.1) is 0 Å². The largest absolute Gasteiger partial charge is 0.339 e. The number of rotatable bonds is 8. The molecule has 18 heavy (non-hydrogen) atoms. The minimum Gasteiger partial charge on any atom is -0.339 e. The summed E-state index contributed by atoms with van der Waals surface area (Å²) in [5.41, 5.74) is 0. The van der Waals surface area contributed by atoms with E-state index >= 15 is 0 Å². The second-order valence-corrected chi connectivity index (χ2v) is 5.88. The predicted octanol–water partition coefficient (Wildman–Crippen LogP) is 2.56. The second kappa shape index (κ2) is 7.13. The summed E-state index contributed by atoms with van der Waals surface area (Å²) in [5.74, 6) is 1.27. The van der Waals surface area contributed by atoms with Crippen LogP contribution in [-0.4, -0.2) is 36.5 Å². The fraction of sp³-hybridized carbons (Fsp3) is 0.933. The van der Waals surface area contributed by atoms with Gasteiger partial charge < -0.3 is 10.2 Å². The van der Waals surface area contributed by atoms with Crippen molar-refractivity contribution in [2.45, 2.75) is 64.3 Å². The van der Waals surface area contributed by atoms with Gasteiger partial charge in [0.2, 0.25) is 5.91 Å². The summed E-state index contributed by atoms with van der Waals surface area (Å²) in [5, 5.41) is 3.32. The zero-order valence-corrected chi connectivity index (χ0v) is 11.8. The van der Waals surface area contributed by atoms with Crippen LogP contribution in [0.5, 0.6) is 0 Å². The predicted molar refractivity (Wildman–Crippen MR) is 74.5 cm³/mol. The highest BCUT2D eigenvalue weighted by Crippen LogP contribution is 2.28. The molecule has 2 aliphatic carbocycles. The quantitative estimate of drug-likeness (QED) is 0.673. The van der Waals surface area contributed by atoms with E-state index in [0.29, 0.717) is 18.5 Å². The number of hydrogen-bond acceptors (Lipinski definition) is 2. The maximum Gasteiger partial charge on any atom is 0.236 e. The van der Waals surface area contributed by atoms with E-state index in [2.05, 4.69) is 12.2 Å². The summed E-state index contributed by atoms with van der Waals surface area (Å²) in [6.45, 7) is 4.49. The maximum absolute atomic E-state index is 11.9. The molecule has 2 rings (SSSR count). The first-order valence-corrected chi connectivity index (χ1v) is 7.81. The maximum atomic E-state index is 11.9. The Bertz CT molecular complexity index is 257. The van der Waals surface area contributed by atoms with Crippen molar-refractivity contribution in [3.8, 4) is 0 Å². The lowest BCUT2D eigenvalue weighted by atomic mass is 10.0. The van der Waals surface area contributed by atoms with Crippen LogP contribution in [-0.2, 0) is 4.79 Å². The van der Waals surface area contributed by atoms with E-state index in [1.807, 2.05) is 4.90 Å². The molecule has 0 atom stereocenters. The first-order chi connectivity index (χ1) is 8.81. The van der Waals surface area contributed by atoms with Crippen LogP contribution in [0, 0.1) is 5.92 Å². The van der Waals surface area contributed by atoms with Crippen LogP contribution in [0.15, 0.2) is 0 Å². The summed E-state index contributed by atoms with van der Waals surface area (Å²) in [6, 6.07) is 0.558. The molecule has 104 valence electrons. The Morgan fingerprint density at radius 1 is 1.22 bits per heavy atom. The van der Waals surface area contributed by atoms with E-state index in [1.54, 1.807) is 0 Å². The summed E-state index contributed by atoms with van der Waals surface area (Å²) < 4.78 is 0. The molecular weight excluding hydrogens is 224 g/mol. The van der Waals surface area contributed by atoms with E-state index in [4.69, 9.17) is 0 Å². The highest BCUT2D eigenvalue weighted by molar-refractivity contribution is 5.78. The second-order valence-electron chi connectivity index (χ2n) is 5.88. The highest BCUT2D eigenvalue weighted by Gasteiger charge is 2.30. The normalized spacial score (nSPS) is 20.3. The summed E-state index contributed by atoms with van der Waals surface area (Å²) >= 11 is 0. The molecule has 0 heterocycles. The van der Waals surface area contributed by atoms with Crippen molar-refractivity contribution in [2.75, 3.05) is 19.6 Å². The number of hydrogen-bond donors (Lipinski definition) is 1. The van der Waals surface area contributed by atoms with Gasteiger partial charge in [-0.3, -0.25) is 4.79 Å². The molecule has 0 aliphatic heterocycles. The molecule has 0 unspecified atom stereocenters. The lowest BCUT2D eigenvalue weighted by Gasteiger charge is -2.20. The van der Waals surface area contributed by atoms with Gasteiger partial charge in [-0.2, -0.15) is 0 Å². The fourth-order valence-electron chi connectivity index (χ4n) is 3.14. The molecule has 2 aliphatic rings. The molecule has 0 aromatic rings. The van der Waals surface area contributed by atoms with Gasteiger partial charge in [0.15, 0.2) is 0 Å². The monoisotopic (exact) mass is 252 g/mol. The SMILES string of the molecule is CCN(C(=O)CNCCCC1CCCC1)C1CC1. The Kier molecular flexibility index (Phi) is 5.48. The van der Waals surface area contributed by atoms with E-state index in [0.717, 1.165) is 19.0 Å². The number of nitrogens with one attached hydrogen (secondary N) is 1. The van der Waals surface area contributed by atoms with E-state index in [1.165, 1.54) is 51.4 Å². The molecule has 1 amide bonds. The summed E-state index contributed by atoms with van der Waals surface area (Å²) in [7, 11) is 0. The average Bonchev–Trinajstić information content (AvgIpc) is 3.06. The Balaban J connectivity index is 1.50. The van der Waals surface area contributed by atoms with Crippen LogP contribution in [0.25, 0.3) is 0 Å². The Hall–Kier alpha value is -0.570. The van der Waals surface area contributed by atoms with Crippen LogP contribution in [0.2, 0.25) is 0 Å². The van der Waals surface area contributed by atoms with Crippen LogP contribution in [0.1, 0.15) is 58.3 Å². The Morgan fingerprint density at radius 2 is 1.94 bits per heavy atom. The Morgan fingerprint density at radius 3 is 2.56 bits per heavy atom. The van der Waals surface area contributed by atoms with Gasteiger partial charge in [-0.25, -0.2) is 0 Å². The van der Waals surface area contributed by atoms with Crippen LogP contribution in [0.4, 0.5) is 0 Å². The van der Waals surface area contributed by atoms with Gasteiger partial charge in [0.05, 0.1) is 6.54 Å². The van der Waals surface area contributed by atoms with Gasteiger partial charge in [-0.1, -0.05) is 25.7 Å². The molecule has 2 saturated carbocycles. The summed E-state index contributed by atoms with van der Waals surface area (Å²) in [6.07, 6.45) is 10.7. The fourth-order valence-corrected chi connectivity index (χ4v) is 3.14. The van der Waals surface area contributed by atoms with E-state index < -0.39 is 0 Å². The first-order valence-electron chi connectivity index (χ1n) is 7.81.